The molecule has 0 radical (unpaired) electrons. The van der Waals surface area contributed by atoms with E-state index in [1.807, 2.05) is 84.3 Å². The van der Waals surface area contributed by atoms with Gasteiger partial charge in [-0.2, -0.15) is 0 Å². The van der Waals surface area contributed by atoms with Crippen LogP contribution in [0.1, 0.15) is 37.8 Å². The zero-order valence-corrected chi connectivity index (χ0v) is 25.9. The van der Waals surface area contributed by atoms with E-state index in [9.17, 15) is 9.36 Å². The summed E-state index contributed by atoms with van der Waals surface area (Å²) in [6.45, 7) is 10.9. The van der Waals surface area contributed by atoms with E-state index in [0.29, 0.717) is 32.8 Å². The van der Waals surface area contributed by atoms with E-state index in [1.54, 1.807) is 4.67 Å². The van der Waals surface area contributed by atoms with Gasteiger partial charge in [-0.25, -0.2) is 9.34 Å². The Hall–Kier alpha value is -2.00. The molecule has 0 saturated carbocycles. The Morgan fingerprint density at radius 2 is 1.55 bits per heavy atom. The van der Waals surface area contributed by atoms with E-state index >= 15 is 0 Å². The van der Waals surface area contributed by atoms with Crippen LogP contribution < -0.4 is 0 Å². The molecule has 218 valence electrons. The van der Waals surface area contributed by atoms with Crippen LogP contribution in [0.15, 0.2) is 60.7 Å². The van der Waals surface area contributed by atoms with Crippen LogP contribution in [-0.2, 0) is 18.8 Å². The third kappa shape index (κ3) is 7.44. The third-order valence-electron chi connectivity index (χ3n) is 7.99. The second-order valence-corrected chi connectivity index (χ2v) is 15.1. The topological polar surface area (TPSA) is 65.6 Å². The molecular weight excluding hydrogens is 522 g/mol. The smallest absolute Gasteiger partial charge is 0.241 e. The molecule has 10 heteroatoms. The highest BCUT2D eigenvalue weighted by Crippen LogP contribution is 2.51. The first-order valence-electron chi connectivity index (χ1n) is 14.4. The molecule has 2 aliphatic heterocycles. The summed E-state index contributed by atoms with van der Waals surface area (Å²) in [5, 5.41) is 0. The van der Waals surface area contributed by atoms with Crippen LogP contribution in [0.25, 0.3) is 0 Å². The summed E-state index contributed by atoms with van der Waals surface area (Å²) < 4.78 is 30.3. The third-order valence-corrected chi connectivity index (χ3v) is 11.0. The fourth-order valence-corrected chi connectivity index (χ4v) is 7.67. The zero-order chi connectivity index (χ0) is 28.9. The number of hydrogen-bond acceptors (Lipinski definition) is 5. The van der Waals surface area contributed by atoms with E-state index in [2.05, 4.69) is 33.5 Å². The van der Waals surface area contributed by atoms with E-state index in [0.717, 1.165) is 24.2 Å². The summed E-state index contributed by atoms with van der Waals surface area (Å²) >= 11 is 0. The predicted octanol–water partition coefficient (Wildman–Crippen LogP) is 3.15. The van der Waals surface area contributed by atoms with Crippen molar-refractivity contribution in [3.05, 3.63) is 71.8 Å². The van der Waals surface area contributed by atoms with Gasteiger partial charge in [0.1, 0.15) is 14.2 Å². The van der Waals surface area contributed by atoms with Gasteiger partial charge in [-0.3, -0.25) is 14.3 Å². The van der Waals surface area contributed by atoms with Gasteiger partial charge in [0.05, 0.1) is 18.6 Å². The summed E-state index contributed by atoms with van der Waals surface area (Å²) in [6, 6.07) is 20.0. The zero-order valence-electron chi connectivity index (χ0n) is 25.0. The predicted molar refractivity (Wildman–Crippen MR) is 164 cm³/mol. The van der Waals surface area contributed by atoms with Crippen molar-refractivity contribution < 1.29 is 18.8 Å². The molecule has 2 aromatic rings. The number of nitrogens with zero attached hydrogens (tertiary/aromatic N) is 4. The summed E-state index contributed by atoms with van der Waals surface area (Å²) in [4.78, 5) is 18.2. The summed E-state index contributed by atoms with van der Waals surface area (Å²) in [6.07, 6.45) is 0.0786. The van der Waals surface area contributed by atoms with Gasteiger partial charge in [0.25, 0.3) is 0 Å². The molecule has 40 heavy (non-hydrogen) atoms. The van der Waals surface area contributed by atoms with Gasteiger partial charge < -0.3 is 14.4 Å². The number of piperazine rings is 1. The molecule has 1 amide bonds. The molecule has 8 nitrogen and oxygen atoms in total. The number of morpholine rings is 1. The normalized spacial score (nSPS) is 22.9. The maximum atomic E-state index is 14.2. The molecule has 0 aromatic heterocycles. The van der Waals surface area contributed by atoms with Gasteiger partial charge in [-0.1, -0.05) is 60.7 Å². The lowest BCUT2D eigenvalue weighted by Gasteiger charge is -2.44. The molecule has 0 N–H and O–H groups in total. The Kier molecular flexibility index (Phi) is 10.3. The molecule has 2 heterocycles. The van der Waals surface area contributed by atoms with Gasteiger partial charge in [-0.15, -0.1) is 0 Å². The number of carbonyl (C=O) groups excluding carboxylic acids is 1. The van der Waals surface area contributed by atoms with Crippen molar-refractivity contribution in [2.45, 2.75) is 44.3 Å². The maximum absolute atomic E-state index is 14.2. The molecule has 2 fully saturated rings. The number of hydrogen-bond donors (Lipinski definition) is 0. The second-order valence-electron chi connectivity index (χ2n) is 12.2. The SMILES string of the molecule is BC1CN(C(C)(C)C)CC(COCP(=O)(N(C)C)N2CCN(C(=O)C(c3ccccc3)c3ccccc3)CC2)O1. The van der Waals surface area contributed by atoms with E-state index in [-0.39, 0.29) is 35.8 Å². The highest BCUT2D eigenvalue weighted by molar-refractivity contribution is 7.58. The Balaban J connectivity index is 1.37. The van der Waals surface area contributed by atoms with Crippen molar-refractivity contribution in [2.24, 2.45) is 0 Å². The molecule has 0 aliphatic carbocycles. The minimum absolute atomic E-state index is 0.0547. The van der Waals surface area contributed by atoms with Crippen molar-refractivity contribution in [1.29, 1.82) is 0 Å². The van der Waals surface area contributed by atoms with Crippen molar-refractivity contribution in [2.75, 3.05) is 66.3 Å². The van der Waals surface area contributed by atoms with Crippen LogP contribution in [-0.4, -0.2) is 117 Å². The fourth-order valence-electron chi connectivity index (χ4n) is 5.62. The van der Waals surface area contributed by atoms with Gasteiger partial charge >= 0.3 is 0 Å². The summed E-state index contributed by atoms with van der Waals surface area (Å²) in [5.74, 6) is -0.275. The maximum Gasteiger partial charge on any atom is 0.241 e. The lowest BCUT2D eigenvalue weighted by Crippen LogP contribution is -2.56. The lowest BCUT2D eigenvalue weighted by atomic mass is 9.90. The Bertz CT molecular complexity index is 1100. The number of amides is 1. The van der Waals surface area contributed by atoms with Gasteiger partial charge in [0.2, 0.25) is 13.4 Å². The summed E-state index contributed by atoms with van der Waals surface area (Å²) in [7, 11) is 2.84. The Morgan fingerprint density at radius 3 is 2.05 bits per heavy atom. The van der Waals surface area contributed by atoms with E-state index < -0.39 is 7.44 Å². The average molecular weight is 569 g/mol. The molecule has 4 rings (SSSR count). The largest absolute Gasteiger partial charge is 0.379 e. The van der Waals surface area contributed by atoms with Crippen LogP contribution in [0.3, 0.4) is 0 Å². The number of benzene rings is 2. The fraction of sp³-hybridized carbons (Fsp3) is 0.567. The van der Waals surface area contributed by atoms with Crippen molar-refractivity contribution in [3.63, 3.8) is 0 Å². The molecule has 2 aliphatic rings. The second kappa shape index (κ2) is 13.3. The van der Waals surface area contributed by atoms with Crippen LogP contribution in [0.4, 0.5) is 0 Å². The van der Waals surface area contributed by atoms with Crippen LogP contribution >= 0.6 is 7.44 Å². The van der Waals surface area contributed by atoms with Crippen molar-refractivity contribution in [3.8, 4) is 0 Å². The molecule has 3 atom stereocenters. The van der Waals surface area contributed by atoms with E-state index in [1.165, 1.54) is 0 Å². The standard InChI is InChI=1S/C30H46BN4O4P/c1-30(2,3)34-20-26(39-27(31)21-34)22-38-23-40(37,32(4)5)35-18-16-33(17-19-35)29(36)28(24-12-8-6-9-13-24)25-14-10-7-11-15-25/h6-15,26-28H,16-23,31H2,1-5H3. The lowest BCUT2D eigenvalue weighted by molar-refractivity contribution is -0.133. The number of carbonyl (C=O) groups is 1. The number of ether oxygens (including phenoxy) is 2. The Labute approximate surface area is 241 Å². The van der Waals surface area contributed by atoms with Gasteiger partial charge in [0, 0.05) is 50.8 Å². The minimum atomic E-state index is -2.96. The van der Waals surface area contributed by atoms with Gasteiger partial charge in [-0.05, 0) is 46.0 Å². The first-order valence-corrected chi connectivity index (χ1v) is 16.2. The first-order chi connectivity index (χ1) is 19.0. The highest BCUT2D eigenvalue weighted by Gasteiger charge is 2.39. The molecule has 0 bridgehead atoms. The minimum Gasteiger partial charge on any atom is -0.379 e. The molecular formula is C30H46BN4O4P. The highest BCUT2D eigenvalue weighted by atomic mass is 31.2. The average Bonchev–Trinajstić information content (AvgIpc) is 2.93. The first kappa shape index (κ1) is 31.0. The summed E-state index contributed by atoms with van der Waals surface area (Å²) in [5.41, 5.74) is 2.03. The van der Waals surface area contributed by atoms with Crippen LogP contribution in [0.5, 0.6) is 0 Å². The van der Waals surface area contributed by atoms with Crippen LogP contribution in [0, 0.1) is 0 Å². The van der Waals surface area contributed by atoms with Crippen LogP contribution in [0.2, 0.25) is 0 Å². The monoisotopic (exact) mass is 568 g/mol. The van der Waals surface area contributed by atoms with Gasteiger partial charge in [0.15, 0.2) is 0 Å². The molecule has 2 aromatic carbocycles. The Morgan fingerprint density at radius 1 is 1.00 bits per heavy atom. The molecule has 2 saturated heterocycles. The van der Waals surface area contributed by atoms with Crippen molar-refractivity contribution in [1.82, 2.24) is 19.1 Å². The van der Waals surface area contributed by atoms with Crippen molar-refractivity contribution >= 4 is 21.2 Å². The molecule has 0 spiro atoms. The van der Waals surface area contributed by atoms with E-state index in [4.69, 9.17) is 9.47 Å². The number of rotatable bonds is 9. The quantitative estimate of drug-likeness (QED) is 0.340. The molecule has 3 unspecified atom stereocenters.